The lowest BCUT2D eigenvalue weighted by Crippen LogP contribution is -2.45. The fraction of sp³-hybridized carbons (Fsp3) is 0.400. The van der Waals surface area contributed by atoms with E-state index in [9.17, 15) is 14.7 Å². The van der Waals surface area contributed by atoms with Gasteiger partial charge in [0.25, 0.3) is 0 Å². The number of aromatic nitrogens is 1. The van der Waals surface area contributed by atoms with Crippen molar-refractivity contribution in [2.75, 3.05) is 6.54 Å². The lowest BCUT2D eigenvalue weighted by atomic mass is 9.77. The summed E-state index contributed by atoms with van der Waals surface area (Å²) in [6, 6.07) is 3.67. The molecule has 0 aliphatic carbocycles. The molecule has 1 aromatic heterocycles. The van der Waals surface area contributed by atoms with E-state index in [1.54, 1.807) is 23.4 Å². The van der Waals surface area contributed by atoms with E-state index in [-0.39, 0.29) is 5.91 Å². The second kappa shape index (κ2) is 4.14. The maximum atomic E-state index is 12.6. The number of hydrogen-bond acceptors (Lipinski definition) is 5. The van der Waals surface area contributed by atoms with Gasteiger partial charge in [0.05, 0.1) is 18.6 Å². The van der Waals surface area contributed by atoms with Crippen LogP contribution in [0.15, 0.2) is 36.7 Å². The molecule has 3 aliphatic rings. The third-order valence-corrected chi connectivity index (χ3v) is 4.57. The number of carbonyl (C=O) groups is 2. The van der Waals surface area contributed by atoms with E-state index in [1.165, 1.54) is 0 Å². The van der Waals surface area contributed by atoms with Crippen molar-refractivity contribution in [1.29, 1.82) is 0 Å². The summed E-state index contributed by atoms with van der Waals surface area (Å²) in [6.07, 6.45) is 6.38. The Hall–Kier alpha value is -2.21. The Morgan fingerprint density at radius 2 is 2.24 bits per heavy atom. The van der Waals surface area contributed by atoms with Gasteiger partial charge < -0.3 is 19.5 Å². The number of amides is 1. The van der Waals surface area contributed by atoms with Crippen LogP contribution in [0.3, 0.4) is 0 Å². The first-order valence-electron chi connectivity index (χ1n) is 6.86. The number of hydrogen-bond donors (Lipinski definition) is 0. The van der Waals surface area contributed by atoms with E-state index >= 15 is 0 Å². The Bertz CT molecular complexity index is 644. The first kappa shape index (κ1) is 12.5. The molecule has 1 spiro atoms. The molecule has 4 rings (SSSR count). The molecule has 4 heterocycles. The molecular weight excluding hydrogens is 272 g/mol. The van der Waals surface area contributed by atoms with Crippen LogP contribution < -0.4 is 5.11 Å². The molecule has 4 atom stereocenters. The van der Waals surface area contributed by atoms with Crippen molar-refractivity contribution < 1.29 is 19.4 Å². The number of nitrogens with zero attached hydrogens (tertiary/aromatic N) is 2. The minimum absolute atomic E-state index is 0.173. The largest absolute Gasteiger partial charge is 0.550 e. The van der Waals surface area contributed by atoms with Crippen LogP contribution in [0.25, 0.3) is 0 Å². The molecule has 108 valence electrons. The lowest BCUT2D eigenvalue weighted by Gasteiger charge is -2.24. The van der Waals surface area contributed by atoms with Crippen LogP contribution in [0.1, 0.15) is 5.56 Å². The number of likely N-dealkylation sites (tertiary alicyclic amines) is 1. The number of rotatable bonds is 3. The number of fused-ring (bicyclic) bond motifs is 1. The van der Waals surface area contributed by atoms with Crippen LogP contribution >= 0.6 is 0 Å². The van der Waals surface area contributed by atoms with Gasteiger partial charge in [-0.25, -0.2) is 0 Å². The van der Waals surface area contributed by atoms with E-state index in [0.29, 0.717) is 13.1 Å². The van der Waals surface area contributed by atoms with E-state index in [4.69, 9.17) is 4.74 Å². The first-order chi connectivity index (χ1) is 10.1. The van der Waals surface area contributed by atoms with Gasteiger partial charge >= 0.3 is 0 Å². The van der Waals surface area contributed by atoms with E-state index in [2.05, 4.69) is 4.98 Å². The summed E-state index contributed by atoms with van der Waals surface area (Å²) in [7, 11) is 0. The maximum Gasteiger partial charge on any atom is 0.230 e. The first-order valence-corrected chi connectivity index (χ1v) is 6.86. The lowest BCUT2D eigenvalue weighted by molar-refractivity contribution is -0.313. The molecule has 0 unspecified atom stereocenters. The molecule has 0 N–H and O–H groups in total. The van der Waals surface area contributed by atoms with Crippen LogP contribution in [0, 0.1) is 11.8 Å². The molecule has 1 amide bonds. The fourth-order valence-electron chi connectivity index (χ4n) is 3.69. The molecule has 3 aliphatic heterocycles. The van der Waals surface area contributed by atoms with Crippen molar-refractivity contribution in [1.82, 2.24) is 9.88 Å². The number of pyridine rings is 1. The summed E-state index contributed by atoms with van der Waals surface area (Å²) in [5.41, 5.74) is 0.165. The highest BCUT2D eigenvalue weighted by Crippen LogP contribution is 2.51. The monoisotopic (exact) mass is 285 g/mol. The highest BCUT2D eigenvalue weighted by Gasteiger charge is 2.65. The van der Waals surface area contributed by atoms with Crippen LogP contribution in [0.5, 0.6) is 0 Å². The van der Waals surface area contributed by atoms with Crippen molar-refractivity contribution in [3.63, 3.8) is 0 Å². The van der Waals surface area contributed by atoms with Gasteiger partial charge in [0.2, 0.25) is 5.91 Å². The minimum atomic E-state index is -1.21. The third kappa shape index (κ3) is 1.65. The summed E-state index contributed by atoms with van der Waals surface area (Å²) in [5.74, 6) is -2.94. The number of carbonyl (C=O) groups excluding carboxylic acids is 2. The summed E-state index contributed by atoms with van der Waals surface area (Å²) in [6.45, 7) is 0.816. The van der Waals surface area contributed by atoms with E-state index in [1.807, 2.05) is 18.2 Å². The molecule has 21 heavy (non-hydrogen) atoms. The average molecular weight is 285 g/mol. The molecule has 0 saturated carbocycles. The Balaban J connectivity index is 1.63. The summed E-state index contributed by atoms with van der Waals surface area (Å²) < 4.78 is 5.79. The van der Waals surface area contributed by atoms with Gasteiger partial charge in [-0.1, -0.05) is 12.2 Å². The Kier molecular flexibility index (Phi) is 2.47. The second-order valence-corrected chi connectivity index (χ2v) is 5.77. The van der Waals surface area contributed by atoms with Crippen molar-refractivity contribution in [2.45, 2.75) is 18.2 Å². The van der Waals surface area contributed by atoms with Crippen molar-refractivity contribution in [3.8, 4) is 0 Å². The van der Waals surface area contributed by atoms with E-state index < -0.39 is 29.5 Å². The molecule has 1 aromatic rings. The Morgan fingerprint density at radius 3 is 2.95 bits per heavy atom. The van der Waals surface area contributed by atoms with Crippen molar-refractivity contribution in [3.05, 3.63) is 42.2 Å². The zero-order valence-corrected chi connectivity index (χ0v) is 11.1. The van der Waals surface area contributed by atoms with Gasteiger partial charge in [-0.05, 0) is 17.7 Å². The zero-order chi connectivity index (χ0) is 14.6. The molecule has 2 saturated heterocycles. The van der Waals surface area contributed by atoms with Crippen molar-refractivity contribution >= 4 is 11.9 Å². The third-order valence-electron chi connectivity index (χ3n) is 4.57. The molecule has 6 heteroatoms. The van der Waals surface area contributed by atoms with Crippen LogP contribution in [0.4, 0.5) is 0 Å². The Labute approximate surface area is 121 Å². The second-order valence-electron chi connectivity index (χ2n) is 5.77. The standard InChI is InChI=1S/C15H14N2O4/c18-13-12-11(14(19)20)10-1-4-15(12,21-10)8-17(13)7-9-2-5-16-6-3-9/h1-6,10-12H,7-8H2,(H,19,20)/p-1/t10-,11+,12+,15-/m1/s1. The predicted octanol–water partition coefficient (Wildman–Crippen LogP) is -0.886. The number of ether oxygens (including phenoxy) is 1. The molecule has 6 nitrogen and oxygen atoms in total. The predicted molar refractivity (Wildman–Crippen MR) is 68.4 cm³/mol. The molecule has 0 aromatic carbocycles. The van der Waals surface area contributed by atoms with Crippen LogP contribution in [-0.2, 0) is 20.9 Å². The summed E-state index contributed by atoms with van der Waals surface area (Å²) in [4.78, 5) is 29.5. The van der Waals surface area contributed by atoms with Gasteiger partial charge in [0.1, 0.15) is 5.60 Å². The zero-order valence-electron chi connectivity index (χ0n) is 11.1. The van der Waals surface area contributed by atoms with Gasteiger partial charge in [0.15, 0.2) is 0 Å². The van der Waals surface area contributed by atoms with Gasteiger partial charge in [-0.2, -0.15) is 0 Å². The quantitative estimate of drug-likeness (QED) is 0.673. The SMILES string of the molecule is O=C([O-])[C@@H]1[C@H]2C(=O)N(Cc3ccncc3)C[C@]23C=C[C@H]1O3. The topological polar surface area (TPSA) is 82.6 Å². The molecule has 2 fully saturated rings. The van der Waals surface area contributed by atoms with Gasteiger partial charge in [0, 0.05) is 30.8 Å². The van der Waals surface area contributed by atoms with Crippen LogP contribution in [0.2, 0.25) is 0 Å². The number of carboxylic acid groups (broad SMARTS) is 1. The number of carboxylic acids is 1. The smallest absolute Gasteiger partial charge is 0.230 e. The Morgan fingerprint density at radius 1 is 1.48 bits per heavy atom. The van der Waals surface area contributed by atoms with Gasteiger partial charge in [-0.3, -0.25) is 9.78 Å². The molecule has 2 bridgehead atoms. The van der Waals surface area contributed by atoms with Crippen LogP contribution in [-0.4, -0.2) is 40.0 Å². The summed E-state index contributed by atoms with van der Waals surface area (Å²) in [5, 5.41) is 11.3. The fourth-order valence-corrected chi connectivity index (χ4v) is 3.69. The highest BCUT2D eigenvalue weighted by atomic mass is 16.5. The van der Waals surface area contributed by atoms with Gasteiger partial charge in [-0.15, -0.1) is 0 Å². The van der Waals surface area contributed by atoms with Crippen molar-refractivity contribution in [2.24, 2.45) is 11.8 Å². The maximum absolute atomic E-state index is 12.6. The highest BCUT2D eigenvalue weighted by molar-refractivity contribution is 5.90. The summed E-state index contributed by atoms with van der Waals surface area (Å²) >= 11 is 0. The average Bonchev–Trinajstić information content (AvgIpc) is 3.09. The normalized spacial score (nSPS) is 36.3. The molecule has 0 radical (unpaired) electrons. The molecular formula is C15H13N2O4-. The minimum Gasteiger partial charge on any atom is -0.550 e. The van der Waals surface area contributed by atoms with E-state index in [0.717, 1.165) is 5.56 Å². The number of aliphatic carboxylic acids is 1.